The second kappa shape index (κ2) is 5.68. The molecular formula is C13H19N3O. The van der Waals surface area contributed by atoms with Crippen LogP contribution in [0.3, 0.4) is 0 Å². The Balaban J connectivity index is 2.05. The van der Waals surface area contributed by atoms with Gasteiger partial charge in [-0.1, -0.05) is 6.08 Å². The van der Waals surface area contributed by atoms with Gasteiger partial charge in [0, 0.05) is 32.2 Å². The third-order valence-corrected chi connectivity index (χ3v) is 2.91. The van der Waals surface area contributed by atoms with Crippen molar-refractivity contribution >= 4 is 5.69 Å². The Morgan fingerprint density at radius 2 is 2.00 bits per heavy atom. The summed E-state index contributed by atoms with van der Waals surface area (Å²) in [5.41, 5.74) is 1.14. The summed E-state index contributed by atoms with van der Waals surface area (Å²) in [5.74, 6) is 0.791. The summed E-state index contributed by atoms with van der Waals surface area (Å²) in [6.45, 7) is 6.22. The van der Waals surface area contributed by atoms with Gasteiger partial charge in [-0.15, -0.1) is 0 Å². The second-order valence-electron chi connectivity index (χ2n) is 4.26. The van der Waals surface area contributed by atoms with Gasteiger partial charge >= 0.3 is 0 Å². The van der Waals surface area contributed by atoms with Gasteiger partial charge in [-0.05, 0) is 14.0 Å². The molecule has 2 heterocycles. The van der Waals surface area contributed by atoms with Crippen LogP contribution in [-0.2, 0) is 0 Å². The van der Waals surface area contributed by atoms with E-state index in [0.29, 0.717) is 0 Å². The molecule has 92 valence electrons. The molecule has 1 fully saturated rings. The van der Waals surface area contributed by atoms with E-state index in [1.54, 1.807) is 12.5 Å². The topological polar surface area (TPSA) is 28.6 Å². The molecule has 1 saturated heterocycles. The maximum Gasteiger partial charge on any atom is 0.146 e. The van der Waals surface area contributed by atoms with E-state index < -0.39 is 0 Å². The zero-order chi connectivity index (χ0) is 12.1. The lowest BCUT2D eigenvalue weighted by Gasteiger charge is -2.33. The van der Waals surface area contributed by atoms with Crippen molar-refractivity contribution in [2.24, 2.45) is 0 Å². The van der Waals surface area contributed by atoms with Crippen LogP contribution in [0.15, 0.2) is 30.8 Å². The molecule has 0 radical (unpaired) electrons. The summed E-state index contributed by atoms with van der Waals surface area (Å²) in [5, 5.41) is 0. The molecule has 0 aliphatic carbocycles. The first-order chi connectivity index (χ1) is 8.29. The van der Waals surface area contributed by atoms with Crippen LogP contribution in [0, 0.1) is 0 Å². The van der Waals surface area contributed by atoms with Crippen molar-refractivity contribution in [2.45, 2.75) is 6.92 Å². The van der Waals surface area contributed by atoms with E-state index in [9.17, 15) is 0 Å². The number of anilines is 1. The minimum absolute atomic E-state index is 0.791. The molecular weight excluding hydrogens is 214 g/mol. The SMILES string of the molecule is C/C=C/Oc1cncc(N2CCN(C)CC2)c1. The summed E-state index contributed by atoms with van der Waals surface area (Å²) in [7, 11) is 2.15. The largest absolute Gasteiger partial charge is 0.464 e. The highest BCUT2D eigenvalue weighted by molar-refractivity contribution is 5.48. The molecule has 0 amide bonds. The van der Waals surface area contributed by atoms with Crippen molar-refractivity contribution in [3.8, 4) is 5.75 Å². The number of piperazine rings is 1. The fourth-order valence-electron chi connectivity index (χ4n) is 1.86. The molecule has 0 N–H and O–H groups in total. The molecule has 0 saturated carbocycles. The fraction of sp³-hybridized carbons (Fsp3) is 0.462. The number of hydrogen-bond acceptors (Lipinski definition) is 4. The molecule has 17 heavy (non-hydrogen) atoms. The Kier molecular flexibility index (Phi) is 3.98. The number of hydrogen-bond donors (Lipinski definition) is 0. The average Bonchev–Trinajstić information content (AvgIpc) is 2.37. The summed E-state index contributed by atoms with van der Waals surface area (Å²) in [6, 6.07) is 2.04. The van der Waals surface area contributed by atoms with Crippen molar-refractivity contribution in [1.82, 2.24) is 9.88 Å². The van der Waals surface area contributed by atoms with Crippen molar-refractivity contribution in [3.63, 3.8) is 0 Å². The van der Waals surface area contributed by atoms with Crippen LogP contribution >= 0.6 is 0 Å². The van der Waals surface area contributed by atoms with Gasteiger partial charge in [0.1, 0.15) is 5.75 Å². The van der Waals surface area contributed by atoms with Crippen LogP contribution in [0.4, 0.5) is 5.69 Å². The second-order valence-corrected chi connectivity index (χ2v) is 4.26. The third kappa shape index (κ3) is 3.20. The maximum absolute atomic E-state index is 5.43. The first-order valence-electron chi connectivity index (χ1n) is 5.96. The Bertz CT molecular complexity index is 384. The van der Waals surface area contributed by atoms with E-state index in [0.717, 1.165) is 37.6 Å². The normalized spacial score (nSPS) is 17.6. The standard InChI is InChI=1S/C13H19N3O/c1-3-8-17-13-9-12(10-14-11-13)16-6-4-15(2)5-7-16/h3,8-11H,4-7H2,1-2H3/b8-3+. The summed E-state index contributed by atoms with van der Waals surface area (Å²) in [4.78, 5) is 8.90. The Morgan fingerprint density at radius 1 is 1.24 bits per heavy atom. The fourth-order valence-corrected chi connectivity index (χ4v) is 1.86. The van der Waals surface area contributed by atoms with Crippen molar-refractivity contribution in [2.75, 3.05) is 38.1 Å². The number of ether oxygens (including phenoxy) is 1. The minimum atomic E-state index is 0.791. The zero-order valence-electron chi connectivity index (χ0n) is 10.5. The lowest BCUT2D eigenvalue weighted by molar-refractivity contribution is 0.312. The molecule has 1 aromatic rings. The molecule has 0 bridgehead atoms. The molecule has 1 aliphatic rings. The van der Waals surface area contributed by atoms with Crippen molar-refractivity contribution in [3.05, 3.63) is 30.8 Å². The van der Waals surface area contributed by atoms with E-state index in [2.05, 4.69) is 21.8 Å². The number of pyridine rings is 1. The molecule has 0 unspecified atom stereocenters. The van der Waals surface area contributed by atoms with Crippen LogP contribution in [0.25, 0.3) is 0 Å². The maximum atomic E-state index is 5.43. The number of likely N-dealkylation sites (N-methyl/N-ethyl adjacent to an activating group) is 1. The van der Waals surface area contributed by atoms with E-state index >= 15 is 0 Å². The monoisotopic (exact) mass is 233 g/mol. The molecule has 2 rings (SSSR count). The highest BCUT2D eigenvalue weighted by Gasteiger charge is 2.14. The molecule has 1 aliphatic heterocycles. The van der Waals surface area contributed by atoms with Crippen LogP contribution in [0.2, 0.25) is 0 Å². The van der Waals surface area contributed by atoms with Crippen LogP contribution in [0.5, 0.6) is 5.75 Å². The minimum Gasteiger partial charge on any atom is -0.464 e. The predicted octanol–water partition coefficient (Wildman–Crippen LogP) is 1.75. The van der Waals surface area contributed by atoms with Gasteiger partial charge < -0.3 is 14.5 Å². The highest BCUT2D eigenvalue weighted by Crippen LogP contribution is 2.20. The van der Waals surface area contributed by atoms with Crippen molar-refractivity contribution < 1.29 is 4.74 Å². The highest BCUT2D eigenvalue weighted by atomic mass is 16.5. The van der Waals surface area contributed by atoms with Gasteiger partial charge in [-0.2, -0.15) is 0 Å². The lowest BCUT2D eigenvalue weighted by Crippen LogP contribution is -2.44. The van der Waals surface area contributed by atoms with E-state index in [1.165, 1.54) is 0 Å². The van der Waals surface area contributed by atoms with Gasteiger partial charge in [0.25, 0.3) is 0 Å². The van der Waals surface area contributed by atoms with E-state index in [1.807, 2.05) is 25.3 Å². The van der Waals surface area contributed by atoms with Crippen LogP contribution in [0.1, 0.15) is 6.92 Å². The smallest absolute Gasteiger partial charge is 0.146 e. The summed E-state index contributed by atoms with van der Waals surface area (Å²) < 4.78 is 5.43. The molecule has 4 nitrogen and oxygen atoms in total. The third-order valence-electron chi connectivity index (χ3n) is 2.91. The van der Waals surface area contributed by atoms with Gasteiger partial charge in [0.05, 0.1) is 24.3 Å². The summed E-state index contributed by atoms with van der Waals surface area (Å²) in [6.07, 6.45) is 7.17. The van der Waals surface area contributed by atoms with Gasteiger partial charge in [-0.25, -0.2) is 0 Å². The Morgan fingerprint density at radius 3 is 2.71 bits per heavy atom. The van der Waals surface area contributed by atoms with Crippen molar-refractivity contribution in [1.29, 1.82) is 0 Å². The summed E-state index contributed by atoms with van der Waals surface area (Å²) >= 11 is 0. The van der Waals surface area contributed by atoms with Crippen LogP contribution < -0.4 is 9.64 Å². The van der Waals surface area contributed by atoms with E-state index in [4.69, 9.17) is 4.74 Å². The van der Waals surface area contributed by atoms with Crippen LogP contribution in [-0.4, -0.2) is 43.1 Å². The predicted molar refractivity (Wildman–Crippen MR) is 69.4 cm³/mol. The van der Waals surface area contributed by atoms with Gasteiger partial charge in [-0.3, -0.25) is 4.98 Å². The first kappa shape index (κ1) is 11.9. The quantitative estimate of drug-likeness (QED) is 0.744. The molecule has 4 heteroatoms. The lowest BCUT2D eigenvalue weighted by atomic mass is 10.3. The molecule has 1 aromatic heterocycles. The Labute approximate surface area is 103 Å². The van der Waals surface area contributed by atoms with Gasteiger partial charge in [0.2, 0.25) is 0 Å². The molecule has 0 spiro atoms. The number of nitrogens with zero attached hydrogens (tertiary/aromatic N) is 3. The zero-order valence-corrected chi connectivity index (χ0v) is 10.5. The average molecular weight is 233 g/mol. The first-order valence-corrected chi connectivity index (χ1v) is 5.96. The number of rotatable bonds is 3. The number of aromatic nitrogens is 1. The molecule has 0 atom stereocenters. The van der Waals surface area contributed by atoms with Gasteiger partial charge in [0.15, 0.2) is 0 Å². The Hall–Kier alpha value is -1.55. The van der Waals surface area contributed by atoms with E-state index in [-0.39, 0.29) is 0 Å². The molecule has 0 aromatic carbocycles. The number of allylic oxidation sites excluding steroid dienone is 1.